The average Bonchev–Trinajstić information content (AvgIpc) is 3.15. The molecule has 1 unspecified atom stereocenters. The van der Waals surface area contributed by atoms with Crippen molar-refractivity contribution < 1.29 is 26.4 Å². The number of carbonyl (C=O) groups is 1. The van der Waals surface area contributed by atoms with Gasteiger partial charge in [0.25, 0.3) is 5.91 Å². The Labute approximate surface area is 153 Å². The highest BCUT2D eigenvalue weighted by Gasteiger charge is 2.34. The molecule has 1 amide bonds. The minimum Gasteiger partial charge on any atom is -0.368 e. The molecule has 8 nitrogen and oxygen atoms in total. The number of benzene rings is 1. The lowest BCUT2D eigenvalue weighted by Crippen LogP contribution is -2.52. The first-order valence-corrected chi connectivity index (χ1v) is 11.7. The number of piperazine rings is 1. The number of sulfone groups is 1. The second-order valence-electron chi connectivity index (χ2n) is 6.48. The molecule has 0 aliphatic carbocycles. The van der Waals surface area contributed by atoms with Crippen molar-refractivity contribution >= 4 is 25.8 Å². The number of ether oxygens (including phenoxy) is 1. The largest absolute Gasteiger partial charge is 0.368 e. The quantitative estimate of drug-likeness (QED) is 0.708. The zero-order chi connectivity index (χ0) is 18.9. The molecule has 2 fully saturated rings. The molecule has 144 valence electrons. The van der Waals surface area contributed by atoms with E-state index in [0.717, 1.165) is 12.7 Å². The van der Waals surface area contributed by atoms with Crippen LogP contribution in [0.5, 0.6) is 0 Å². The molecule has 2 heterocycles. The van der Waals surface area contributed by atoms with Gasteiger partial charge in [-0.05, 0) is 31.0 Å². The molecule has 1 aromatic carbocycles. The van der Waals surface area contributed by atoms with E-state index in [1.54, 1.807) is 4.90 Å². The van der Waals surface area contributed by atoms with E-state index in [-0.39, 0.29) is 28.8 Å². The van der Waals surface area contributed by atoms with Gasteiger partial charge in [-0.2, -0.15) is 4.31 Å². The van der Waals surface area contributed by atoms with Crippen LogP contribution in [0.15, 0.2) is 34.1 Å². The molecule has 2 aliphatic rings. The number of hydrogen-bond acceptors (Lipinski definition) is 6. The highest BCUT2D eigenvalue weighted by molar-refractivity contribution is 7.91. The number of nitrogens with zero attached hydrogens (tertiary/aromatic N) is 2. The highest BCUT2D eigenvalue weighted by atomic mass is 32.2. The molecule has 2 aliphatic heterocycles. The third kappa shape index (κ3) is 3.93. The topological polar surface area (TPSA) is 101 Å². The molecule has 2 saturated heterocycles. The van der Waals surface area contributed by atoms with Gasteiger partial charge >= 0.3 is 0 Å². The Morgan fingerprint density at radius 3 is 2.31 bits per heavy atom. The monoisotopic (exact) mass is 402 g/mol. The van der Waals surface area contributed by atoms with E-state index in [4.69, 9.17) is 4.74 Å². The van der Waals surface area contributed by atoms with E-state index >= 15 is 0 Å². The van der Waals surface area contributed by atoms with Crippen molar-refractivity contribution in [3.63, 3.8) is 0 Å². The van der Waals surface area contributed by atoms with Crippen LogP contribution in [0.3, 0.4) is 0 Å². The van der Waals surface area contributed by atoms with Crippen molar-refractivity contribution in [2.45, 2.75) is 28.7 Å². The van der Waals surface area contributed by atoms with Gasteiger partial charge < -0.3 is 9.64 Å². The molecule has 10 heteroatoms. The van der Waals surface area contributed by atoms with Gasteiger partial charge in [0, 0.05) is 39.0 Å². The van der Waals surface area contributed by atoms with Crippen LogP contribution >= 0.6 is 0 Å². The standard InChI is InChI=1S/C16H22N2O6S2/c1-25(20,21)13-4-2-5-14(12-13)26(22,23)18-9-7-17(8-10-18)16(19)15-6-3-11-24-15/h2,4-5,12,15H,3,6-11H2,1H3. The zero-order valence-corrected chi connectivity index (χ0v) is 16.1. The summed E-state index contributed by atoms with van der Waals surface area (Å²) in [5, 5.41) is 0. The summed E-state index contributed by atoms with van der Waals surface area (Å²) >= 11 is 0. The summed E-state index contributed by atoms with van der Waals surface area (Å²) in [7, 11) is -7.31. The van der Waals surface area contributed by atoms with Gasteiger partial charge in [-0.15, -0.1) is 0 Å². The van der Waals surface area contributed by atoms with E-state index in [2.05, 4.69) is 0 Å². The molecule has 0 bridgehead atoms. The van der Waals surface area contributed by atoms with E-state index in [0.29, 0.717) is 26.1 Å². The van der Waals surface area contributed by atoms with Crippen LogP contribution in [0.1, 0.15) is 12.8 Å². The molecule has 0 spiro atoms. The minimum atomic E-state index is -3.81. The van der Waals surface area contributed by atoms with Crippen LogP contribution in [-0.4, -0.2) is 77.1 Å². The van der Waals surface area contributed by atoms with Crippen molar-refractivity contribution in [1.82, 2.24) is 9.21 Å². The molecule has 0 radical (unpaired) electrons. The van der Waals surface area contributed by atoms with Gasteiger partial charge in [-0.25, -0.2) is 16.8 Å². The summed E-state index contributed by atoms with van der Waals surface area (Å²) in [5.41, 5.74) is 0. The van der Waals surface area contributed by atoms with Gasteiger partial charge in [-0.3, -0.25) is 4.79 Å². The van der Waals surface area contributed by atoms with Crippen molar-refractivity contribution in [3.8, 4) is 0 Å². The summed E-state index contributed by atoms with van der Waals surface area (Å²) in [6.07, 6.45) is 2.19. The van der Waals surface area contributed by atoms with Gasteiger partial charge in [0.05, 0.1) is 9.79 Å². The SMILES string of the molecule is CS(=O)(=O)c1cccc(S(=O)(=O)N2CCN(C(=O)C3CCCO3)CC2)c1. The fraction of sp³-hybridized carbons (Fsp3) is 0.562. The van der Waals surface area contributed by atoms with Gasteiger partial charge in [0.15, 0.2) is 9.84 Å². The Morgan fingerprint density at radius 1 is 1.08 bits per heavy atom. The Bertz CT molecular complexity index is 883. The van der Waals surface area contributed by atoms with Crippen LogP contribution in [-0.2, 0) is 29.4 Å². The lowest BCUT2D eigenvalue weighted by Gasteiger charge is -2.35. The molecular weight excluding hydrogens is 380 g/mol. The van der Waals surface area contributed by atoms with Crippen LogP contribution in [0, 0.1) is 0 Å². The third-order valence-corrected chi connectivity index (χ3v) is 7.63. The number of amides is 1. The highest BCUT2D eigenvalue weighted by Crippen LogP contribution is 2.22. The lowest BCUT2D eigenvalue weighted by atomic mass is 10.2. The van der Waals surface area contributed by atoms with E-state index < -0.39 is 26.0 Å². The molecule has 0 N–H and O–H groups in total. The number of sulfonamides is 1. The first-order chi connectivity index (χ1) is 12.2. The molecular formula is C16H22N2O6S2. The fourth-order valence-electron chi connectivity index (χ4n) is 3.14. The van der Waals surface area contributed by atoms with E-state index in [1.807, 2.05) is 0 Å². The van der Waals surface area contributed by atoms with Crippen LogP contribution in [0.4, 0.5) is 0 Å². The number of rotatable bonds is 4. The van der Waals surface area contributed by atoms with Crippen molar-refractivity contribution in [3.05, 3.63) is 24.3 Å². The maximum absolute atomic E-state index is 12.8. The van der Waals surface area contributed by atoms with Gasteiger partial charge in [0.1, 0.15) is 6.10 Å². The molecule has 0 saturated carbocycles. The summed E-state index contributed by atoms with van der Waals surface area (Å²) in [5.74, 6) is -0.0846. The molecule has 1 atom stereocenters. The Kier molecular flexibility index (Phi) is 5.38. The third-order valence-electron chi connectivity index (χ3n) is 4.63. The zero-order valence-electron chi connectivity index (χ0n) is 14.5. The van der Waals surface area contributed by atoms with Gasteiger partial charge in [-0.1, -0.05) is 6.07 Å². The fourth-order valence-corrected chi connectivity index (χ4v) is 5.35. The average molecular weight is 402 g/mol. The number of carbonyl (C=O) groups excluding carboxylic acids is 1. The van der Waals surface area contributed by atoms with Crippen molar-refractivity contribution in [2.24, 2.45) is 0 Å². The predicted molar refractivity (Wildman–Crippen MR) is 93.9 cm³/mol. The van der Waals surface area contributed by atoms with Crippen molar-refractivity contribution in [1.29, 1.82) is 0 Å². The Morgan fingerprint density at radius 2 is 1.73 bits per heavy atom. The van der Waals surface area contributed by atoms with Crippen LogP contribution in [0.2, 0.25) is 0 Å². The second-order valence-corrected chi connectivity index (χ2v) is 10.4. The van der Waals surface area contributed by atoms with Crippen LogP contribution in [0.25, 0.3) is 0 Å². The maximum atomic E-state index is 12.8. The Hall–Kier alpha value is -1.49. The molecule has 1 aromatic rings. The summed E-state index contributed by atoms with van der Waals surface area (Å²) < 4.78 is 55.6. The molecule has 0 aromatic heterocycles. The smallest absolute Gasteiger partial charge is 0.251 e. The normalized spacial score (nSPS) is 22.5. The second kappa shape index (κ2) is 7.26. The van der Waals surface area contributed by atoms with Crippen molar-refractivity contribution in [2.75, 3.05) is 39.0 Å². The lowest BCUT2D eigenvalue weighted by molar-refractivity contribution is -0.142. The van der Waals surface area contributed by atoms with E-state index in [1.165, 1.54) is 28.6 Å². The molecule has 26 heavy (non-hydrogen) atoms. The predicted octanol–water partition coefficient (Wildman–Crippen LogP) is 0.102. The van der Waals surface area contributed by atoms with E-state index in [9.17, 15) is 21.6 Å². The first kappa shape index (κ1) is 19.3. The van der Waals surface area contributed by atoms with Gasteiger partial charge in [0.2, 0.25) is 10.0 Å². The maximum Gasteiger partial charge on any atom is 0.251 e. The summed E-state index contributed by atoms with van der Waals surface area (Å²) in [4.78, 5) is 13.9. The van der Waals surface area contributed by atoms with Crippen LogP contribution < -0.4 is 0 Å². The first-order valence-electron chi connectivity index (χ1n) is 8.40. The number of hydrogen-bond donors (Lipinski definition) is 0. The Balaban J connectivity index is 1.71. The molecule has 3 rings (SSSR count). The minimum absolute atomic E-state index is 0.0363. The summed E-state index contributed by atoms with van der Waals surface area (Å²) in [6.45, 7) is 1.52. The summed E-state index contributed by atoms with van der Waals surface area (Å²) in [6, 6.07) is 5.34.